The summed E-state index contributed by atoms with van der Waals surface area (Å²) in [5.74, 6) is 0.0173. The normalized spacial score (nSPS) is 16.1. The quantitative estimate of drug-likeness (QED) is 0.859. The Kier molecular flexibility index (Phi) is 4.75. The van der Waals surface area contributed by atoms with E-state index in [0.717, 1.165) is 16.9 Å². The number of halogens is 3. The molecule has 1 heterocycles. The van der Waals surface area contributed by atoms with Crippen LogP contribution < -0.4 is 10.6 Å². The molecule has 1 aliphatic heterocycles. The van der Waals surface area contributed by atoms with E-state index in [1.807, 2.05) is 25.1 Å². The van der Waals surface area contributed by atoms with Crippen molar-refractivity contribution in [3.63, 3.8) is 0 Å². The van der Waals surface area contributed by atoms with Crippen LogP contribution in [0.3, 0.4) is 0 Å². The van der Waals surface area contributed by atoms with Gasteiger partial charge in [0, 0.05) is 30.3 Å². The third-order valence-electron chi connectivity index (χ3n) is 3.51. The molecule has 0 saturated heterocycles. The van der Waals surface area contributed by atoms with Gasteiger partial charge < -0.3 is 10.6 Å². The SMILES string of the molecule is CC(CCCC(F)(F)F)Nc1ccc2c(c1)CCC(=O)N2. The largest absolute Gasteiger partial charge is 0.389 e. The lowest BCUT2D eigenvalue weighted by Crippen LogP contribution is -2.20. The minimum Gasteiger partial charge on any atom is -0.383 e. The summed E-state index contributed by atoms with van der Waals surface area (Å²) >= 11 is 0. The first kappa shape index (κ1) is 15.7. The predicted octanol–water partition coefficient (Wildman–Crippen LogP) is 4.10. The zero-order valence-corrected chi connectivity index (χ0v) is 11.9. The van der Waals surface area contributed by atoms with Gasteiger partial charge in [0.05, 0.1) is 0 Å². The van der Waals surface area contributed by atoms with E-state index in [1.165, 1.54) is 0 Å². The summed E-state index contributed by atoms with van der Waals surface area (Å²) < 4.78 is 36.3. The molecule has 2 rings (SSSR count). The van der Waals surface area contributed by atoms with Crippen molar-refractivity contribution in [1.29, 1.82) is 0 Å². The Hall–Kier alpha value is -1.72. The van der Waals surface area contributed by atoms with Crippen molar-refractivity contribution < 1.29 is 18.0 Å². The molecule has 0 radical (unpaired) electrons. The molecule has 0 bridgehead atoms. The highest BCUT2D eigenvalue weighted by molar-refractivity contribution is 5.94. The Morgan fingerprint density at radius 1 is 1.33 bits per heavy atom. The van der Waals surface area contributed by atoms with Crippen LogP contribution in [0.5, 0.6) is 0 Å². The van der Waals surface area contributed by atoms with Crippen LogP contribution in [0.2, 0.25) is 0 Å². The Labute approximate surface area is 121 Å². The summed E-state index contributed by atoms with van der Waals surface area (Å²) in [6, 6.07) is 5.60. The number of benzene rings is 1. The fourth-order valence-electron chi connectivity index (χ4n) is 2.44. The summed E-state index contributed by atoms with van der Waals surface area (Å²) in [5, 5.41) is 6.01. The molecule has 1 aromatic rings. The molecular formula is C15H19F3N2O. The summed E-state index contributed by atoms with van der Waals surface area (Å²) in [6.45, 7) is 1.87. The number of anilines is 2. The maximum atomic E-state index is 12.1. The second-order valence-electron chi connectivity index (χ2n) is 5.47. The van der Waals surface area contributed by atoms with Gasteiger partial charge in [-0.2, -0.15) is 13.2 Å². The van der Waals surface area contributed by atoms with Gasteiger partial charge in [0.1, 0.15) is 0 Å². The molecule has 0 saturated carbocycles. The molecule has 116 valence electrons. The molecule has 21 heavy (non-hydrogen) atoms. The van der Waals surface area contributed by atoms with Gasteiger partial charge in [-0.05, 0) is 49.9 Å². The topological polar surface area (TPSA) is 41.1 Å². The summed E-state index contributed by atoms with van der Waals surface area (Å²) in [7, 11) is 0. The summed E-state index contributed by atoms with van der Waals surface area (Å²) in [4.78, 5) is 11.3. The van der Waals surface area contributed by atoms with Gasteiger partial charge >= 0.3 is 6.18 Å². The molecule has 1 amide bonds. The van der Waals surface area contributed by atoms with Crippen molar-refractivity contribution in [1.82, 2.24) is 0 Å². The average molecular weight is 300 g/mol. The first-order valence-corrected chi connectivity index (χ1v) is 7.09. The lowest BCUT2D eigenvalue weighted by atomic mass is 10.0. The van der Waals surface area contributed by atoms with Crippen LogP contribution in [0.25, 0.3) is 0 Å². The average Bonchev–Trinajstić information content (AvgIpc) is 2.37. The van der Waals surface area contributed by atoms with Crippen LogP contribution in [0.4, 0.5) is 24.5 Å². The number of alkyl halides is 3. The Bertz CT molecular complexity index is 514. The summed E-state index contributed by atoms with van der Waals surface area (Å²) in [5.41, 5.74) is 2.76. The number of fused-ring (bicyclic) bond motifs is 1. The van der Waals surface area contributed by atoms with Crippen molar-refractivity contribution >= 4 is 17.3 Å². The number of aryl methyl sites for hydroxylation is 1. The van der Waals surface area contributed by atoms with Crippen LogP contribution in [0, 0.1) is 0 Å². The van der Waals surface area contributed by atoms with E-state index in [9.17, 15) is 18.0 Å². The second kappa shape index (κ2) is 6.37. The zero-order chi connectivity index (χ0) is 15.5. The van der Waals surface area contributed by atoms with Crippen LogP contribution in [0.15, 0.2) is 18.2 Å². The first-order valence-electron chi connectivity index (χ1n) is 7.09. The molecule has 6 heteroatoms. The molecule has 1 aliphatic rings. The number of carbonyl (C=O) groups excluding carboxylic acids is 1. The van der Waals surface area contributed by atoms with Crippen LogP contribution >= 0.6 is 0 Å². The van der Waals surface area contributed by atoms with Crippen LogP contribution in [-0.4, -0.2) is 18.1 Å². The minimum absolute atomic E-state index is 0.0173. The zero-order valence-electron chi connectivity index (χ0n) is 11.9. The van der Waals surface area contributed by atoms with Crippen molar-refractivity contribution in [2.45, 2.75) is 51.2 Å². The van der Waals surface area contributed by atoms with E-state index in [0.29, 0.717) is 19.3 Å². The van der Waals surface area contributed by atoms with Gasteiger partial charge in [0.2, 0.25) is 5.91 Å². The van der Waals surface area contributed by atoms with Gasteiger partial charge in [-0.3, -0.25) is 4.79 Å². The smallest absolute Gasteiger partial charge is 0.383 e. The van der Waals surface area contributed by atoms with E-state index in [-0.39, 0.29) is 18.4 Å². The number of hydrogen-bond donors (Lipinski definition) is 2. The van der Waals surface area contributed by atoms with E-state index >= 15 is 0 Å². The van der Waals surface area contributed by atoms with E-state index in [1.54, 1.807) is 0 Å². The van der Waals surface area contributed by atoms with Crippen molar-refractivity contribution in [3.05, 3.63) is 23.8 Å². The molecule has 3 nitrogen and oxygen atoms in total. The fraction of sp³-hybridized carbons (Fsp3) is 0.533. The maximum Gasteiger partial charge on any atom is 0.389 e. The molecule has 2 N–H and O–H groups in total. The number of rotatable bonds is 5. The van der Waals surface area contributed by atoms with Gasteiger partial charge in [0.15, 0.2) is 0 Å². The first-order chi connectivity index (χ1) is 9.83. The third-order valence-corrected chi connectivity index (χ3v) is 3.51. The highest BCUT2D eigenvalue weighted by atomic mass is 19.4. The third kappa shape index (κ3) is 4.95. The van der Waals surface area contributed by atoms with Gasteiger partial charge in [-0.25, -0.2) is 0 Å². The molecule has 0 spiro atoms. The fourth-order valence-corrected chi connectivity index (χ4v) is 2.44. The highest BCUT2D eigenvalue weighted by Gasteiger charge is 2.26. The summed E-state index contributed by atoms with van der Waals surface area (Å²) in [6.07, 6.45) is -3.07. The number of carbonyl (C=O) groups is 1. The molecular weight excluding hydrogens is 281 g/mol. The van der Waals surface area contributed by atoms with Gasteiger partial charge in [-0.15, -0.1) is 0 Å². The lowest BCUT2D eigenvalue weighted by Gasteiger charge is -2.20. The van der Waals surface area contributed by atoms with Crippen molar-refractivity contribution in [2.75, 3.05) is 10.6 Å². The molecule has 0 fully saturated rings. The maximum absolute atomic E-state index is 12.1. The van der Waals surface area contributed by atoms with E-state index in [2.05, 4.69) is 10.6 Å². The monoisotopic (exact) mass is 300 g/mol. The second-order valence-corrected chi connectivity index (χ2v) is 5.47. The lowest BCUT2D eigenvalue weighted by molar-refractivity contribution is -0.135. The number of amides is 1. The van der Waals surface area contributed by atoms with Crippen LogP contribution in [0.1, 0.15) is 38.2 Å². The molecule has 0 aromatic heterocycles. The standard InChI is InChI=1S/C15H19F3N2O/c1-10(3-2-8-15(16,17)18)19-12-5-6-13-11(9-12)4-7-14(21)20-13/h5-6,9-10,19H,2-4,7-8H2,1H3,(H,20,21). The molecule has 1 atom stereocenters. The Morgan fingerprint density at radius 2 is 2.10 bits per heavy atom. The minimum atomic E-state index is -4.08. The molecule has 0 aliphatic carbocycles. The highest BCUT2D eigenvalue weighted by Crippen LogP contribution is 2.27. The van der Waals surface area contributed by atoms with E-state index < -0.39 is 12.6 Å². The number of nitrogens with one attached hydrogen (secondary N) is 2. The van der Waals surface area contributed by atoms with Crippen molar-refractivity contribution in [3.8, 4) is 0 Å². The van der Waals surface area contributed by atoms with E-state index in [4.69, 9.17) is 0 Å². The van der Waals surface area contributed by atoms with Gasteiger partial charge in [-0.1, -0.05) is 0 Å². The Balaban J connectivity index is 1.87. The molecule has 1 unspecified atom stereocenters. The Morgan fingerprint density at radius 3 is 2.81 bits per heavy atom. The van der Waals surface area contributed by atoms with Crippen LogP contribution in [-0.2, 0) is 11.2 Å². The predicted molar refractivity (Wildman–Crippen MR) is 76.4 cm³/mol. The number of hydrogen-bond acceptors (Lipinski definition) is 2. The molecule has 1 aromatic carbocycles. The van der Waals surface area contributed by atoms with Gasteiger partial charge in [0.25, 0.3) is 0 Å². The van der Waals surface area contributed by atoms with Crippen molar-refractivity contribution in [2.24, 2.45) is 0 Å².